The zero-order chi connectivity index (χ0) is 19.4. The Kier molecular flexibility index (Phi) is 7.53. The van der Waals surface area contributed by atoms with Crippen molar-refractivity contribution in [3.05, 3.63) is 29.6 Å². The van der Waals surface area contributed by atoms with Gasteiger partial charge in [-0.3, -0.25) is 10.1 Å². The first-order valence-corrected chi connectivity index (χ1v) is 8.53. The highest BCUT2D eigenvalue weighted by Gasteiger charge is 2.22. The van der Waals surface area contributed by atoms with E-state index in [1.807, 2.05) is 0 Å². The van der Waals surface area contributed by atoms with Gasteiger partial charge in [0.15, 0.2) is 17.3 Å². The summed E-state index contributed by atoms with van der Waals surface area (Å²) in [6.45, 7) is -1.21. The van der Waals surface area contributed by atoms with Gasteiger partial charge >= 0.3 is 6.61 Å². The standard InChI is InChI=1S/C17H21F2N5O3.ClH/c1-24-17(21-14(23-24)10-5-7-20-8-6-10)22-15(25)11-3-4-12(26-2)13(9-11)27-16(18)19;/h3-4,9-10,16,20H,5-8H2,1-2H3,(H,21,22,23,25);1H. The van der Waals surface area contributed by atoms with Gasteiger partial charge in [0.2, 0.25) is 5.95 Å². The molecule has 28 heavy (non-hydrogen) atoms. The summed E-state index contributed by atoms with van der Waals surface area (Å²) >= 11 is 0. The fourth-order valence-corrected chi connectivity index (χ4v) is 2.95. The zero-order valence-electron chi connectivity index (χ0n) is 15.4. The molecule has 3 rings (SSSR count). The van der Waals surface area contributed by atoms with E-state index in [-0.39, 0.29) is 35.4 Å². The summed E-state index contributed by atoms with van der Waals surface area (Å²) in [5.41, 5.74) is 0.137. The number of piperidine rings is 1. The summed E-state index contributed by atoms with van der Waals surface area (Å²) < 4.78 is 36.0. The van der Waals surface area contributed by atoms with E-state index < -0.39 is 12.5 Å². The number of ether oxygens (including phenoxy) is 2. The van der Waals surface area contributed by atoms with Gasteiger partial charge in [-0.2, -0.15) is 18.9 Å². The molecule has 0 atom stereocenters. The molecule has 1 aliphatic rings. The molecule has 1 aromatic carbocycles. The second-order valence-corrected chi connectivity index (χ2v) is 6.14. The number of halogens is 3. The second kappa shape index (κ2) is 9.65. The smallest absolute Gasteiger partial charge is 0.387 e. The van der Waals surface area contributed by atoms with Gasteiger partial charge in [0.05, 0.1) is 7.11 Å². The van der Waals surface area contributed by atoms with Gasteiger partial charge in [-0.1, -0.05) is 0 Å². The molecule has 2 aromatic rings. The van der Waals surface area contributed by atoms with Crippen LogP contribution in [0.2, 0.25) is 0 Å². The Morgan fingerprint density at radius 2 is 2.04 bits per heavy atom. The Hall–Kier alpha value is -2.46. The van der Waals surface area contributed by atoms with Crippen molar-refractivity contribution >= 4 is 24.3 Å². The van der Waals surface area contributed by atoms with E-state index in [1.165, 1.54) is 30.0 Å². The topological polar surface area (TPSA) is 90.3 Å². The number of carbonyl (C=O) groups is 1. The third-order valence-electron chi connectivity index (χ3n) is 4.35. The number of hydrogen-bond donors (Lipinski definition) is 2. The number of benzene rings is 1. The summed E-state index contributed by atoms with van der Waals surface area (Å²) in [4.78, 5) is 16.9. The van der Waals surface area contributed by atoms with Crippen LogP contribution < -0.4 is 20.1 Å². The number of rotatable bonds is 6. The van der Waals surface area contributed by atoms with Crippen LogP contribution >= 0.6 is 12.4 Å². The van der Waals surface area contributed by atoms with Crippen LogP contribution in [-0.4, -0.2) is 47.5 Å². The fourth-order valence-electron chi connectivity index (χ4n) is 2.95. The van der Waals surface area contributed by atoms with Crippen LogP contribution in [0.5, 0.6) is 11.5 Å². The van der Waals surface area contributed by atoms with Crippen molar-refractivity contribution in [3.8, 4) is 11.5 Å². The Morgan fingerprint density at radius 3 is 2.68 bits per heavy atom. The predicted octanol–water partition coefficient (Wildman–Crippen LogP) is 2.57. The molecule has 0 spiro atoms. The Morgan fingerprint density at radius 1 is 1.32 bits per heavy atom. The second-order valence-electron chi connectivity index (χ2n) is 6.14. The Labute approximate surface area is 167 Å². The maximum atomic E-state index is 12.5. The van der Waals surface area contributed by atoms with E-state index in [0.717, 1.165) is 25.9 Å². The van der Waals surface area contributed by atoms with E-state index in [9.17, 15) is 13.6 Å². The normalized spacial score (nSPS) is 14.5. The summed E-state index contributed by atoms with van der Waals surface area (Å²) in [6.07, 6.45) is 1.87. The predicted molar refractivity (Wildman–Crippen MR) is 101 cm³/mol. The number of methoxy groups -OCH3 is 1. The van der Waals surface area contributed by atoms with Gasteiger partial charge in [0, 0.05) is 18.5 Å². The molecule has 11 heteroatoms. The van der Waals surface area contributed by atoms with Crippen LogP contribution in [0.3, 0.4) is 0 Å². The minimum absolute atomic E-state index is 0. The average Bonchev–Trinajstić information content (AvgIpc) is 3.02. The molecule has 1 amide bonds. The largest absolute Gasteiger partial charge is 0.493 e. The lowest BCUT2D eigenvalue weighted by molar-refractivity contribution is -0.0512. The first-order chi connectivity index (χ1) is 13.0. The number of aryl methyl sites for hydroxylation is 1. The van der Waals surface area contributed by atoms with E-state index in [0.29, 0.717) is 11.8 Å². The summed E-state index contributed by atoms with van der Waals surface area (Å²) in [7, 11) is 3.02. The quantitative estimate of drug-likeness (QED) is 0.750. The van der Waals surface area contributed by atoms with Crippen molar-refractivity contribution in [1.82, 2.24) is 20.1 Å². The van der Waals surface area contributed by atoms with E-state index >= 15 is 0 Å². The van der Waals surface area contributed by atoms with Crippen LogP contribution in [0.25, 0.3) is 0 Å². The highest BCUT2D eigenvalue weighted by atomic mass is 35.5. The molecular weight excluding hydrogens is 396 g/mol. The SMILES string of the molecule is COc1ccc(C(=O)Nc2nc(C3CCNCC3)nn2C)cc1OC(F)F.Cl. The lowest BCUT2D eigenvalue weighted by atomic mass is 9.98. The van der Waals surface area contributed by atoms with E-state index in [2.05, 4.69) is 25.5 Å². The molecule has 1 aliphatic heterocycles. The van der Waals surface area contributed by atoms with Crippen LogP contribution in [-0.2, 0) is 7.05 Å². The molecule has 154 valence electrons. The third kappa shape index (κ3) is 5.08. The molecule has 0 bridgehead atoms. The van der Waals surface area contributed by atoms with Crippen molar-refractivity contribution in [2.24, 2.45) is 7.05 Å². The first-order valence-electron chi connectivity index (χ1n) is 8.53. The van der Waals surface area contributed by atoms with Gasteiger partial charge < -0.3 is 14.8 Å². The lowest BCUT2D eigenvalue weighted by Crippen LogP contribution is -2.27. The van der Waals surface area contributed by atoms with Crippen LogP contribution in [0.4, 0.5) is 14.7 Å². The number of anilines is 1. The summed E-state index contributed by atoms with van der Waals surface area (Å²) in [5, 5.41) is 10.3. The Bertz CT molecular complexity index is 812. The molecule has 2 heterocycles. The zero-order valence-corrected chi connectivity index (χ0v) is 16.3. The number of alkyl halides is 2. The van der Waals surface area contributed by atoms with Crippen LogP contribution in [0, 0.1) is 0 Å². The summed E-state index contributed by atoms with van der Waals surface area (Å²) in [5.74, 6) is 0.609. The molecule has 1 aromatic heterocycles. The highest BCUT2D eigenvalue weighted by molar-refractivity contribution is 6.03. The number of nitrogens with one attached hydrogen (secondary N) is 2. The van der Waals surface area contributed by atoms with Crippen molar-refractivity contribution < 1.29 is 23.0 Å². The molecule has 0 radical (unpaired) electrons. The third-order valence-corrected chi connectivity index (χ3v) is 4.35. The maximum absolute atomic E-state index is 12.5. The summed E-state index contributed by atoms with van der Waals surface area (Å²) in [6, 6.07) is 4.05. The monoisotopic (exact) mass is 417 g/mol. The molecule has 0 aliphatic carbocycles. The fraction of sp³-hybridized carbons (Fsp3) is 0.471. The van der Waals surface area contributed by atoms with E-state index in [1.54, 1.807) is 7.05 Å². The average molecular weight is 418 g/mol. The van der Waals surface area contributed by atoms with Gasteiger partial charge in [-0.25, -0.2) is 4.68 Å². The maximum Gasteiger partial charge on any atom is 0.387 e. The first kappa shape index (κ1) is 21.8. The number of aromatic nitrogens is 3. The van der Waals surface area contributed by atoms with Gasteiger partial charge in [-0.15, -0.1) is 12.4 Å². The molecule has 0 saturated carbocycles. The highest BCUT2D eigenvalue weighted by Crippen LogP contribution is 2.30. The van der Waals surface area contributed by atoms with Gasteiger partial charge in [0.25, 0.3) is 5.91 Å². The minimum Gasteiger partial charge on any atom is -0.493 e. The number of amides is 1. The van der Waals surface area contributed by atoms with Crippen LogP contribution in [0.15, 0.2) is 18.2 Å². The molecule has 1 saturated heterocycles. The molecule has 0 unspecified atom stereocenters. The molecule has 8 nitrogen and oxygen atoms in total. The van der Waals surface area contributed by atoms with Crippen molar-refractivity contribution in [1.29, 1.82) is 0 Å². The lowest BCUT2D eigenvalue weighted by Gasteiger charge is -2.19. The number of carbonyl (C=O) groups excluding carboxylic acids is 1. The van der Waals surface area contributed by atoms with Crippen molar-refractivity contribution in [2.45, 2.75) is 25.4 Å². The molecular formula is C17H22ClF2N5O3. The van der Waals surface area contributed by atoms with Gasteiger partial charge in [0.1, 0.15) is 0 Å². The molecule has 1 fully saturated rings. The number of nitrogens with zero attached hydrogens (tertiary/aromatic N) is 3. The number of hydrogen-bond acceptors (Lipinski definition) is 6. The van der Waals surface area contributed by atoms with Crippen molar-refractivity contribution in [3.63, 3.8) is 0 Å². The Balaban J connectivity index is 0.00000280. The van der Waals surface area contributed by atoms with Gasteiger partial charge in [-0.05, 0) is 44.1 Å². The minimum atomic E-state index is -3.02. The van der Waals surface area contributed by atoms with Crippen LogP contribution in [0.1, 0.15) is 34.9 Å². The van der Waals surface area contributed by atoms with Crippen molar-refractivity contribution in [2.75, 3.05) is 25.5 Å². The molecule has 2 N–H and O–H groups in total. The van der Waals surface area contributed by atoms with E-state index in [4.69, 9.17) is 4.74 Å².